The van der Waals surface area contributed by atoms with Crippen LogP contribution in [0.25, 0.3) is 0 Å². The SMILES string of the molecule is Cc1nnc(SCC(=O)N2CCN(CCOc3ccccc3)CC2)n1Cc1ccccc1. The van der Waals surface area contributed by atoms with E-state index >= 15 is 0 Å². The van der Waals surface area contributed by atoms with Gasteiger partial charge in [0.2, 0.25) is 5.91 Å². The number of aryl methyl sites for hydroxylation is 1. The van der Waals surface area contributed by atoms with Crippen LogP contribution in [0.5, 0.6) is 5.75 Å². The van der Waals surface area contributed by atoms with Crippen molar-refractivity contribution < 1.29 is 9.53 Å². The van der Waals surface area contributed by atoms with Gasteiger partial charge in [0.1, 0.15) is 18.2 Å². The maximum atomic E-state index is 12.8. The molecular weight excluding hydrogens is 422 g/mol. The number of piperazine rings is 1. The molecular formula is C24H29N5O2S. The minimum absolute atomic E-state index is 0.155. The lowest BCUT2D eigenvalue weighted by Crippen LogP contribution is -2.50. The summed E-state index contributed by atoms with van der Waals surface area (Å²) >= 11 is 1.47. The highest BCUT2D eigenvalue weighted by Crippen LogP contribution is 2.19. The van der Waals surface area contributed by atoms with Crippen LogP contribution in [0.3, 0.4) is 0 Å². The molecule has 32 heavy (non-hydrogen) atoms. The number of carbonyl (C=O) groups excluding carboxylic acids is 1. The lowest BCUT2D eigenvalue weighted by molar-refractivity contribution is -0.130. The van der Waals surface area contributed by atoms with Crippen LogP contribution < -0.4 is 4.74 Å². The second-order valence-corrected chi connectivity index (χ2v) is 8.72. The fourth-order valence-electron chi connectivity index (χ4n) is 3.66. The number of rotatable bonds is 9. The number of para-hydroxylation sites is 1. The van der Waals surface area contributed by atoms with Crippen LogP contribution in [0.1, 0.15) is 11.4 Å². The largest absolute Gasteiger partial charge is 0.492 e. The van der Waals surface area contributed by atoms with Gasteiger partial charge >= 0.3 is 0 Å². The number of aromatic nitrogens is 3. The van der Waals surface area contributed by atoms with Crippen LogP contribution in [0, 0.1) is 6.92 Å². The van der Waals surface area contributed by atoms with Crippen molar-refractivity contribution in [3.63, 3.8) is 0 Å². The molecule has 2 aromatic carbocycles. The summed E-state index contributed by atoms with van der Waals surface area (Å²) in [6, 6.07) is 20.1. The van der Waals surface area contributed by atoms with E-state index in [1.807, 2.05) is 60.4 Å². The Hall–Kier alpha value is -2.84. The fraction of sp³-hybridized carbons (Fsp3) is 0.375. The smallest absolute Gasteiger partial charge is 0.233 e. The number of amides is 1. The number of thioether (sulfide) groups is 1. The minimum Gasteiger partial charge on any atom is -0.492 e. The Morgan fingerprint density at radius 2 is 1.66 bits per heavy atom. The number of nitrogens with zero attached hydrogens (tertiary/aromatic N) is 5. The van der Waals surface area contributed by atoms with Crippen LogP contribution in [0.2, 0.25) is 0 Å². The second-order valence-electron chi connectivity index (χ2n) is 7.77. The molecule has 2 heterocycles. The molecule has 3 aromatic rings. The summed E-state index contributed by atoms with van der Waals surface area (Å²) < 4.78 is 7.85. The Kier molecular flexibility index (Phi) is 7.79. The van der Waals surface area contributed by atoms with Gasteiger partial charge in [-0.1, -0.05) is 60.3 Å². The Balaban J connectivity index is 1.20. The fourth-order valence-corrected chi connectivity index (χ4v) is 4.55. The van der Waals surface area contributed by atoms with Gasteiger partial charge in [-0.2, -0.15) is 0 Å². The molecule has 1 aliphatic heterocycles. The molecule has 1 amide bonds. The Morgan fingerprint density at radius 3 is 2.38 bits per heavy atom. The lowest BCUT2D eigenvalue weighted by atomic mass is 10.2. The standard InChI is InChI=1S/C24H29N5O2S/c1-20-25-26-24(29(20)18-21-8-4-2-5-9-21)32-19-23(30)28-14-12-27(13-15-28)16-17-31-22-10-6-3-7-11-22/h2-11H,12-19H2,1H3. The van der Waals surface area contributed by atoms with E-state index in [2.05, 4.69) is 31.8 Å². The van der Waals surface area contributed by atoms with Crippen LogP contribution in [-0.2, 0) is 11.3 Å². The van der Waals surface area contributed by atoms with Gasteiger partial charge in [0.15, 0.2) is 5.16 Å². The van der Waals surface area contributed by atoms with E-state index < -0.39 is 0 Å². The Morgan fingerprint density at radius 1 is 0.969 bits per heavy atom. The number of benzene rings is 2. The third kappa shape index (κ3) is 6.11. The van der Waals surface area contributed by atoms with Crippen LogP contribution >= 0.6 is 11.8 Å². The summed E-state index contributed by atoms with van der Waals surface area (Å²) in [4.78, 5) is 17.1. The van der Waals surface area contributed by atoms with Crippen LogP contribution in [-0.4, -0.2) is 75.6 Å². The molecule has 0 bridgehead atoms. The first-order valence-corrected chi connectivity index (χ1v) is 11.9. The molecule has 1 fully saturated rings. The molecule has 8 heteroatoms. The van der Waals surface area contributed by atoms with Crippen molar-refractivity contribution in [2.45, 2.75) is 18.6 Å². The Bertz CT molecular complexity index is 988. The zero-order valence-electron chi connectivity index (χ0n) is 18.4. The lowest BCUT2D eigenvalue weighted by Gasteiger charge is -2.34. The molecule has 1 aromatic heterocycles. The van der Waals surface area contributed by atoms with Gasteiger partial charge in [-0.15, -0.1) is 10.2 Å². The highest BCUT2D eigenvalue weighted by molar-refractivity contribution is 7.99. The molecule has 168 valence electrons. The van der Waals surface area contributed by atoms with Gasteiger partial charge < -0.3 is 14.2 Å². The van der Waals surface area contributed by atoms with Gasteiger partial charge in [-0.25, -0.2) is 0 Å². The van der Waals surface area contributed by atoms with E-state index in [4.69, 9.17) is 4.74 Å². The summed E-state index contributed by atoms with van der Waals surface area (Å²) in [6.45, 7) is 7.43. The van der Waals surface area contributed by atoms with E-state index in [1.165, 1.54) is 17.3 Å². The van der Waals surface area contributed by atoms with Crippen molar-refractivity contribution in [1.82, 2.24) is 24.6 Å². The molecule has 7 nitrogen and oxygen atoms in total. The monoisotopic (exact) mass is 451 g/mol. The molecule has 0 saturated carbocycles. The molecule has 1 saturated heterocycles. The first-order valence-electron chi connectivity index (χ1n) is 10.9. The number of ether oxygens (including phenoxy) is 1. The minimum atomic E-state index is 0.155. The number of hydrogen-bond donors (Lipinski definition) is 0. The van der Waals surface area contributed by atoms with Crippen molar-refractivity contribution in [2.24, 2.45) is 0 Å². The zero-order chi connectivity index (χ0) is 22.2. The van der Waals surface area contributed by atoms with Gasteiger partial charge in [-0.3, -0.25) is 9.69 Å². The summed E-state index contributed by atoms with van der Waals surface area (Å²) in [5.41, 5.74) is 1.19. The molecule has 4 rings (SSSR count). The molecule has 0 spiro atoms. The van der Waals surface area contributed by atoms with Crippen molar-refractivity contribution in [3.8, 4) is 5.75 Å². The average molecular weight is 452 g/mol. The van der Waals surface area contributed by atoms with E-state index in [-0.39, 0.29) is 5.91 Å². The normalized spacial score (nSPS) is 14.5. The highest BCUT2D eigenvalue weighted by atomic mass is 32.2. The van der Waals surface area contributed by atoms with E-state index in [0.29, 0.717) is 18.9 Å². The van der Waals surface area contributed by atoms with E-state index in [0.717, 1.165) is 49.5 Å². The van der Waals surface area contributed by atoms with Crippen LogP contribution in [0.15, 0.2) is 65.8 Å². The summed E-state index contributed by atoms with van der Waals surface area (Å²) in [5, 5.41) is 9.28. The molecule has 0 radical (unpaired) electrons. The maximum absolute atomic E-state index is 12.8. The predicted octanol–water partition coefficient (Wildman–Crippen LogP) is 2.95. The van der Waals surface area contributed by atoms with Crippen molar-refractivity contribution in [3.05, 3.63) is 72.1 Å². The number of carbonyl (C=O) groups is 1. The molecule has 0 unspecified atom stereocenters. The maximum Gasteiger partial charge on any atom is 0.233 e. The summed E-state index contributed by atoms with van der Waals surface area (Å²) in [7, 11) is 0. The second kappa shape index (κ2) is 11.2. The van der Waals surface area contributed by atoms with E-state index in [1.54, 1.807) is 0 Å². The van der Waals surface area contributed by atoms with E-state index in [9.17, 15) is 4.79 Å². The van der Waals surface area contributed by atoms with Gasteiger partial charge in [-0.05, 0) is 24.6 Å². The molecule has 0 N–H and O–H groups in total. The summed E-state index contributed by atoms with van der Waals surface area (Å²) in [5.74, 6) is 2.29. The van der Waals surface area contributed by atoms with Crippen LogP contribution in [0.4, 0.5) is 0 Å². The third-order valence-electron chi connectivity index (χ3n) is 5.55. The van der Waals surface area contributed by atoms with Crippen molar-refractivity contribution in [2.75, 3.05) is 45.1 Å². The topological polar surface area (TPSA) is 63.5 Å². The van der Waals surface area contributed by atoms with Crippen molar-refractivity contribution >= 4 is 17.7 Å². The van der Waals surface area contributed by atoms with Gasteiger partial charge in [0.25, 0.3) is 0 Å². The quantitative estimate of drug-likeness (QED) is 0.466. The Labute approximate surface area is 193 Å². The third-order valence-corrected chi connectivity index (χ3v) is 6.51. The highest BCUT2D eigenvalue weighted by Gasteiger charge is 2.22. The summed E-state index contributed by atoms with van der Waals surface area (Å²) in [6.07, 6.45) is 0. The first kappa shape index (κ1) is 22.4. The molecule has 0 atom stereocenters. The van der Waals surface area contributed by atoms with Gasteiger partial charge in [0.05, 0.1) is 12.3 Å². The van der Waals surface area contributed by atoms with Gasteiger partial charge in [0, 0.05) is 32.7 Å². The first-order chi connectivity index (χ1) is 15.7. The zero-order valence-corrected chi connectivity index (χ0v) is 19.2. The number of hydrogen-bond acceptors (Lipinski definition) is 6. The average Bonchev–Trinajstić information content (AvgIpc) is 3.18. The molecule has 1 aliphatic rings. The predicted molar refractivity (Wildman–Crippen MR) is 126 cm³/mol. The van der Waals surface area contributed by atoms with Crippen molar-refractivity contribution in [1.29, 1.82) is 0 Å². The molecule has 0 aliphatic carbocycles.